The van der Waals surface area contributed by atoms with E-state index < -0.39 is 97.5 Å². The van der Waals surface area contributed by atoms with Gasteiger partial charge in [0, 0.05) is 25.7 Å². The van der Waals surface area contributed by atoms with E-state index in [1.807, 2.05) is 0 Å². The van der Waals surface area contributed by atoms with E-state index in [-0.39, 0.29) is 25.7 Å². The van der Waals surface area contributed by atoms with E-state index in [0.29, 0.717) is 25.7 Å². The first-order valence-corrected chi connectivity index (χ1v) is 41.2. The van der Waals surface area contributed by atoms with Crippen molar-refractivity contribution >= 4 is 39.5 Å². The second kappa shape index (κ2) is 66.3. The molecular formula is C73H142O17P2. The number of ether oxygens (including phenoxy) is 4. The summed E-state index contributed by atoms with van der Waals surface area (Å²) in [6.07, 6.45) is 54.5. The normalized spacial score (nSPS) is 14.3. The zero-order valence-corrected chi connectivity index (χ0v) is 61.5. The van der Waals surface area contributed by atoms with E-state index >= 15 is 0 Å². The van der Waals surface area contributed by atoms with Crippen molar-refractivity contribution in [3.8, 4) is 0 Å². The molecule has 0 aromatic rings. The van der Waals surface area contributed by atoms with Crippen LogP contribution in [0, 0.1) is 5.92 Å². The van der Waals surface area contributed by atoms with Gasteiger partial charge in [-0.25, -0.2) is 9.13 Å². The van der Waals surface area contributed by atoms with Gasteiger partial charge >= 0.3 is 39.5 Å². The Hall–Kier alpha value is -1.94. The van der Waals surface area contributed by atoms with Gasteiger partial charge in [-0.15, -0.1) is 0 Å². The predicted octanol–water partition coefficient (Wildman–Crippen LogP) is 21.3. The van der Waals surface area contributed by atoms with Crippen molar-refractivity contribution in [1.29, 1.82) is 0 Å². The first-order valence-electron chi connectivity index (χ1n) is 38.2. The molecule has 3 unspecified atom stereocenters. The van der Waals surface area contributed by atoms with E-state index in [1.165, 1.54) is 199 Å². The summed E-state index contributed by atoms with van der Waals surface area (Å²) in [7, 11) is -9.89. The first kappa shape index (κ1) is 90.1. The van der Waals surface area contributed by atoms with Gasteiger partial charge in [0.25, 0.3) is 0 Å². The number of aliphatic hydroxyl groups excluding tert-OH is 1. The van der Waals surface area contributed by atoms with Gasteiger partial charge in [0.2, 0.25) is 0 Å². The van der Waals surface area contributed by atoms with E-state index in [1.54, 1.807) is 0 Å². The van der Waals surface area contributed by atoms with E-state index in [4.69, 9.17) is 37.0 Å². The highest BCUT2D eigenvalue weighted by Crippen LogP contribution is 2.45. The third-order valence-corrected chi connectivity index (χ3v) is 19.3. The van der Waals surface area contributed by atoms with Gasteiger partial charge in [-0.2, -0.15) is 0 Å². The fourth-order valence-electron chi connectivity index (χ4n) is 11.1. The Labute approximate surface area is 562 Å². The number of hydrogen-bond acceptors (Lipinski definition) is 15. The van der Waals surface area contributed by atoms with Gasteiger partial charge in [-0.05, 0) is 31.6 Å². The van der Waals surface area contributed by atoms with Crippen LogP contribution in [0.3, 0.4) is 0 Å². The molecule has 0 aromatic carbocycles. The number of phosphoric acid groups is 2. The average Bonchev–Trinajstić information content (AvgIpc) is 3.68. The molecule has 3 N–H and O–H groups in total. The van der Waals surface area contributed by atoms with Gasteiger partial charge in [0.15, 0.2) is 12.2 Å². The monoisotopic (exact) mass is 1350 g/mol. The Balaban J connectivity index is 5.15. The van der Waals surface area contributed by atoms with Crippen molar-refractivity contribution in [2.75, 3.05) is 39.6 Å². The van der Waals surface area contributed by atoms with Crippen molar-refractivity contribution in [3.63, 3.8) is 0 Å². The van der Waals surface area contributed by atoms with Crippen LogP contribution in [0.25, 0.3) is 0 Å². The van der Waals surface area contributed by atoms with Crippen molar-refractivity contribution in [3.05, 3.63) is 0 Å². The van der Waals surface area contributed by atoms with Gasteiger partial charge in [0.1, 0.15) is 19.3 Å². The summed E-state index contributed by atoms with van der Waals surface area (Å²) in [5.74, 6) is -1.36. The summed E-state index contributed by atoms with van der Waals surface area (Å²) >= 11 is 0. The average molecular weight is 1350 g/mol. The number of carbonyl (C=O) groups excluding carboxylic acids is 4. The zero-order chi connectivity index (χ0) is 67.7. The molecular weight excluding hydrogens is 1210 g/mol. The molecule has 546 valence electrons. The quantitative estimate of drug-likeness (QED) is 0.0222. The maximum Gasteiger partial charge on any atom is 0.472 e. The van der Waals surface area contributed by atoms with Crippen LogP contribution in [-0.4, -0.2) is 96.7 Å². The maximum atomic E-state index is 13.1. The fraction of sp³-hybridized carbons (Fsp3) is 0.945. The molecule has 0 fully saturated rings. The standard InChI is InChI=1S/C73H142O17P2/c1-6-10-13-16-18-20-22-24-26-28-30-32-34-36-38-43-48-53-58-72(77)90-69(63-84-71(76)57-52-47-42-37-35-33-31-29-27-25-23-21-19-17-14-11-7-2)65-88-92(81,82)86-61-67(74)60-85-91(79,80)87-64-68(62-83-70(75)56-51-45-15-12-8-3)89-73(78)59-54-49-44-40-39-41-46-50-55-66(5)9-4/h66-69,74H,6-65H2,1-5H3,(H,79,80)(H,81,82)/t66?,67-,68+,69+/m0/s1. The number of aliphatic hydroxyl groups is 1. The highest BCUT2D eigenvalue weighted by Gasteiger charge is 2.30. The Morgan fingerprint density at radius 3 is 0.772 bits per heavy atom. The van der Waals surface area contributed by atoms with Gasteiger partial charge in [-0.3, -0.25) is 37.3 Å². The fourth-order valence-corrected chi connectivity index (χ4v) is 12.7. The number of unbranched alkanes of at least 4 members (excludes halogenated alkanes) is 44. The zero-order valence-electron chi connectivity index (χ0n) is 59.7. The van der Waals surface area contributed by atoms with Crippen molar-refractivity contribution in [1.82, 2.24) is 0 Å². The van der Waals surface area contributed by atoms with Crippen LogP contribution < -0.4 is 0 Å². The lowest BCUT2D eigenvalue weighted by molar-refractivity contribution is -0.161. The smallest absolute Gasteiger partial charge is 0.462 e. The topological polar surface area (TPSA) is 237 Å². The number of carbonyl (C=O) groups is 4. The summed E-state index contributed by atoms with van der Waals surface area (Å²) in [6, 6.07) is 0. The lowest BCUT2D eigenvalue weighted by atomic mass is 9.99. The van der Waals surface area contributed by atoms with Crippen LogP contribution in [0.4, 0.5) is 0 Å². The van der Waals surface area contributed by atoms with Crippen molar-refractivity contribution in [2.45, 2.75) is 400 Å². The summed E-state index contributed by atoms with van der Waals surface area (Å²) in [4.78, 5) is 72.4. The highest BCUT2D eigenvalue weighted by atomic mass is 31.2. The summed E-state index contributed by atoms with van der Waals surface area (Å²) in [5, 5.41) is 10.6. The first-order chi connectivity index (χ1) is 44.6. The van der Waals surface area contributed by atoms with Crippen LogP contribution >= 0.6 is 15.6 Å². The summed E-state index contributed by atoms with van der Waals surface area (Å²) < 4.78 is 68.2. The Morgan fingerprint density at radius 2 is 0.522 bits per heavy atom. The van der Waals surface area contributed by atoms with Crippen molar-refractivity contribution in [2.24, 2.45) is 5.92 Å². The Kier molecular flexibility index (Phi) is 64.9. The van der Waals surface area contributed by atoms with Crippen LogP contribution in [0.15, 0.2) is 0 Å². The predicted molar refractivity (Wildman–Crippen MR) is 372 cm³/mol. The van der Waals surface area contributed by atoms with E-state index in [0.717, 1.165) is 102 Å². The van der Waals surface area contributed by atoms with Gasteiger partial charge < -0.3 is 33.8 Å². The molecule has 0 radical (unpaired) electrons. The van der Waals surface area contributed by atoms with E-state index in [2.05, 4.69) is 34.6 Å². The molecule has 0 amide bonds. The minimum Gasteiger partial charge on any atom is -0.462 e. The maximum absolute atomic E-state index is 13.1. The second-order valence-corrected chi connectivity index (χ2v) is 29.5. The molecule has 17 nitrogen and oxygen atoms in total. The third kappa shape index (κ3) is 65.4. The molecule has 0 heterocycles. The van der Waals surface area contributed by atoms with Gasteiger partial charge in [0.05, 0.1) is 26.4 Å². The number of rotatable bonds is 73. The molecule has 0 saturated carbocycles. The van der Waals surface area contributed by atoms with E-state index in [9.17, 15) is 43.2 Å². The molecule has 0 aliphatic carbocycles. The Morgan fingerprint density at radius 1 is 0.304 bits per heavy atom. The third-order valence-electron chi connectivity index (χ3n) is 17.4. The molecule has 0 aliphatic rings. The molecule has 0 saturated heterocycles. The number of esters is 4. The minimum absolute atomic E-state index is 0.104. The van der Waals surface area contributed by atoms with Gasteiger partial charge in [-0.1, -0.05) is 330 Å². The molecule has 0 rings (SSSR count). The molecule has 92 heavy (non-hydrogen) atoms. The van der Waals surface area contributed by atoms with Crippen LogP contribution in [-0.2, 0) is 65.4 Å². The van der Waals surface area contributed by atoms with Crippen LogP contribution in [0.5, 0.6) is 0 Å². The lowest BCUT2D eigenvalue weighted by Gasteiger charge is -2.21. The van der Waals surface area contributed by atoms with Crippen molar-refractivity contribution < 1.29 is 80.2 Å². The molecule has 0 bridgehead atoms. The molecule has 19 heteroatoms. The van der Waals surface area contributed by atoms with Crippen LogP contribution in [0.1, 0.15) is 381 Å². The summed E-state index contributed by atoms with van der Waals surface area (Å²) in [6.45, 7) is 7.18. The number of phosphoric ester groups is 2. The minimum atomic E-state index is -4.95. The largest absolute Gasteiger partial charge is 0.472 e. The molecule has 0 spiro atoms. The second-order valence-electron chi connectivity index (χ2n) is 26.6. The molecule has 0 aromatic heterocycles. The molecule has 6 atom stereocenters. The summed E-state index contributed by atoms with van der Waals surface area (Å²) in [5.41, 5.74) is 0. The van der Waals surface area contributed by atoms with Crippen LogP contribution in [0.2, 0.25) is 0 Å². The lowest BCUT2D eigenvalue weighted by Crippen LogP contribution is -2.30. The number of hydrogen-bond donors (Lipinski definition) is 3. The molecule has 0 aliphatic heterocycles. The Bertz CT molecular complexity index is 1770. The highest BCUT2D eigenvalue weighted by molar-refractivity contribution is 7.47. The SMILES string of the molecule is CCCCCCCCCCCCCCCCCCCCC(=O)O[C@H](COC(=O)CCCCCCCCCCCCCCCCCCC)COP(=O)(O)OC[C@@H](O)COP(=O)(O)OC[C@@H](COC(=O)CCCCCCC)OC(=O)CCCCCCCCCCC(C)CC.